The molecule has 0 bridgehead atoms. The van der Waals surface area contributed by atoms with Gasteiger partial charge in [-0.1, -0.05) is 25.2 Å². The average molecular weight is 258 g/mol. The number of hydrogen-bond acceptors (Lipinski definition) is 3. The van der Waals surface area contributed by atoms with E-state index in [1.165, 1.54) is 12.8 Å². The van der Waals surface area contributed by atoms with Crippen LogP contribution in [0, 0.1) is 18.8 Å². The molecule has 1 aliphatic rings. The topological polar surface area (TPSA) is 34.1 Å². The van der Waals surface area contributed by atoms with Crippen molar-refractivity contribution in [1.29, 1.82) is 0 Å². The predicted molar refractivity (Wildman–Crippen MR) is 77.3 cm³/mol. The van der Waals surface area contributed by atoms with E-state index in [1.54, 1.807) is 0 Å². The molecule has 1 fully saturated rings. The van der Waals surface area contributed by atoms with Gasteiger partial charge in [0.1, 0.15) is 12.4 Å². The lowest BCUT2D eigenvalue weighted by Gasteiger charge is -2.27. The van der Waals surface area contributed by atoms with E-state index in [0.29, 0.717) is 6.04 Å². The summed E-state index contributed by atoms with van der Waals surface area (Å²) in [6.45, 7) is 5.97. The maximum atomic E-state index is 5.82. The number of aryl methyl sites for hydroxylation is 1. The zero-order valence-corrected chi connectivity index (χ0v) is 11.8. The van der Waals surface area contributed by atoms with Crippen molar-refractivity contribution < 1.29 is 4.74 Å². The Morgan fingerprint density at radius 3 is 3.05 bits per heavy atom. The first-order valence-corrected chi connectivity index (χ1v) is 7.11. The standard InChI is InChI=1S/C16H22N2O/c1-3-4-5-6-7-14-10-16(13(2)18-11-14)19-12-15-8-9-17-15/h10-11,15,17H,3-5,8-9,12H2,1-2H3/t15-/m0/s1. The quantitative estimate of drug-likeness (QED) is 0.651. The fraction of sp³-hybridized carbons (Fsp3) is 0.562. The van der Waals surface area contributed by atoms with Gasteiger partial charge in [-0.05, 0) is 32.4 Å². The minimum absolute atomic E-state index is 0.499. The maximum absolute atomic E-state index is 5.82. The third kappa shape index (κ3) is 4.25. The van der Waals surface area contributed by atoms with E-state index in [-0.39, 0.29) is 0 Å². The SMILES string of the molecule is CCCCC#Cc1cnc(C)c(OC[C@@H]2CCN2)c1. The van der Waals surface area contributed by atoms with Crippen LogP contribution in [0.3, 0.4) is 0 Å². The summed E-state index contributed by atoms with van der Waals surface area (Å²) in [6.07, 6.45) is 6.31. The molecule has 0 unspecified atom stereocenters. The molecule has 0 amide bonds. The second kappa shape index (κ2) is 7.16. The first kappa shape index (κ1) is 13.9. The van der Waals surface area contributed by atoms with Crippen LogP contribution in [0.5, 0.6) is 5.75 Å². The van der Waals surface area contributed by atoms with Gasteiger partial charge in [0.25, 0.3) is 0 Å². The number of ether oxygens (including phenoxy) is 1. The molecule has 0 aliphatic carbocycles. The lowest BCUT2D eigenvalue weighted by atomic mass is 10.1. The molecule has 1 aromatic heterocycles. The van der Waals surface area contributed by atoms with Crippen LogP contribution in [0.4, 0.5) is 0 Å². The number of nitrogens with zero attached hydrogens (tertiary/aromatic N) is 1. The Kier molecular flexibility index (Phi) is 5.23. The second-order valence-electron chi connectivity index (χ2n) is 4.96. The number of pyridine rings is 1. The number of rotatable bonds is 5. The third-order valence-electron chi connectivity index (χ3n) is 3.29. The molecule has 1 saturated heterocycles. The highest BCUT2D eigenvalue weighted by molar-refractivity contribution is 5.40. The van der Waals surface area contributed by atoms with Gasteiger partial charge in [0.15, 0.2) is 0 Å². The Morgan fingerprint density at radius 2 is 2.37 bits per heavy atom. The molecule has 0 saturated carbocycles. The van der Waals surface area contributed by atoms with Crippen molar-refractivity contribution in [2.24, 2.45) is 0 Å². The Hall–Kier alpha value is -1.53. The molecule has 0 spiro atoms. The van der Waals surface area contributed by atoms with E-state index < -0.39 is 0 Å². The minimum atomic E-state index is 0.499. The lowest BCUT2D eigenvalue weighted by Crippen LogP contribution is -2.46. The third-order valence-corrected chi connectivity index (χ3v) is 3.29. The van der Waals surface area contributed by atoms with E-state index in [1.807, 2.05) is 19.2 Å². The van der Waals surface area contributed by atoms with Crippen LogP contribution < -0.4 is 10.1 Å². The average Bonchev–Trinajstić information content (AvgIpc) is 2.36. The highest BCUT2D eigenvalue weighted by Crippen LogP contribution is 2.17. The summed E-state index contributed by atoms with van der Waals surface area (Å²) in [4.78, 5) is 4.35. The van der Waals surface area contributed by atoms with Crippen LogP contribution in [0.25, 0.3) is 0 Å². The number of aromatic nitrogens is 1. The van der Waals surface area contributed by atoms with Gasteiger partial charge in [-0.15, -0.1) is 0 Å². The smallest absolute Gasteiger partial charge is 0.141 e. The largest absolute Gasteiger partial charge is 0.490 e. The Bertz CT molecular complexity index is 469. The molecule has 1 N–H and O–H groups in total. The molecule has 3 heteroatoms. The Morgan fingerprint density at radius 1 is 1.53 bits per heavy atom. The van der Waals surface area contributed by atoms with E-state index >= 15 is 0 Å². The summed E-state index contributed by atoms with van der Waals surface area (Å²) >= 11 is 0. The van der Waals surface area contributed by atoms with E-state index in [9.17, 15) is 0 Å². The highest BCUT2D eigenvalue weighted by Gasteiger charge is 2.17. The summed E-state index contributed by atoms with van der Waals surface area (Å²) in [5, 5.41) is 3.32. The monoisotopic (exact) mass is 258 g/mol. The van der Waals surface area contributed by atoms with Gasteiger partial charge in [0.2, 0.25) is 0 Å². The first-order valence-electron chi connectivity index (χ1n) is 7.11. The van der Waals surface area contributed by atoms with Gasteiger partial charge in [-0.3, -0.25) is 4.98 Å². The Balaban J connectivity index is 1.94. The molecular weight excluding hydrogens is 236 g/mol. The fourth-order valence-corrected chi connectivity index (χ4v) is 1.84. The molecule has 2 rings (SSSR count). The molecule has 2 heterocycles. The molecule has 102 valence electrons. The van der Waals surface area contributed by atoms with Gasteiger partial charge in [0, 0.05) is 24.2 Å². The van der Waals surface area contributed by atoms with Crippen LogP contribution >= 0.6 is 0 Å². The molecular formula is C16H22N2O. The van der Waals surface area contributed by atoms with Crippen LogP contribution in [0.1, 0.15) is 43.9 Å². The van der Waals surface area contributed by atoms with Crippen molar-refractivity contribution in [3.63, 3.8) is 0 Å². The number of hydrogen-bond donors (Lipinski definition) is 1. The zero-order valence-electron chi connectivity index (χ0n) is 11.8. The van der Waals surface area contributed by atoms with Crippen LogP contribution in [0.2, 0.25) is 0 Å². The molecule has 1 aliphatic heterocycles. The van der Waals surface area contributed by atoms with Crippen LogP contribution in [-0.4, -0.2) is 24.2 Å². The molecule has 3 nitrogen and oxygen atoms in total. The number of nitrogens with one attached hydrogen (secondary N) is 1. The molecule has 0 aromatic carbocycles. The first-order chi connectivity index (χ1) is 9.29. The zero-order chi connectivity index (χ0) is 13.5. The van der Waals surface area contributed by atoms with Gasteiger partial charge >= 0.3 is 0 Å². The summed E-state index contributed by atoms with van der Waals surface area (Å²) in [5.74, 6) is 7.19. The van der Waals surface area contributed by atoms with Crippen molar-refractivity contribution in [3.05, 3.63) is 23.5 Å². The number of unbranched alkanes of at least 4 members (excludes halogenated alkanes) is 2. The van der Waals surface area contributed by atoms with Crippen LogP contribution in [0.15, 0.2) is 12.3 Å². The van der Waals surface area contributed by atoms with Crippen LogP contribution in [-0.2, 0) is 0 Å². The summed E-state index contributed by atoms with van der Waals surface area (Å²) in [6, 6.07) is 2.50. The fourth-order valence-electron chi connectivity index (χ4n) is 1.84. The van der Waals surface area contributed by atoms with E-state index in [2.05, 4.69) is 29.1 Å². The summed E-state index contributed by atoms with van der Waals surface area (Å²) in [7, 11) is 0. The second-order valence-corrected chi connectivity index (χ2v) is 4.96. The molecule has 1 aromatic rings. The van der Waals surface area contributed by atoms with Crippen molar-refractivity contribution in [2.45, 2.75) is 45.6 Å². The normalized spacial score (nSPS) is 17.3. The maximum Gasteiger partial charge on any atom is 0.141 e. The lowest BCUT2D eigenvalue weighted by molar-refractivity contribution is 0.216. The predicted octanol–water partition coefficient (Wildman–Crippen LogP) is 2.67. The molecule has 0 radical (unpaired) electrons. The van der Waals surface area contributed by atoms with E-state index in [4.69, 9.17) is 4.74 Å². The van der Waals surface area contributed by atoms with Gasteiger partial charge in [-0.2, -0.15) is 0 Å². The van der Waals surface area contributed by atoms with Crippen molar-refractivity contribution >= 4 is 0 Å². The minimum Gasteiger partial charge on any atom is -0.490 e. The molecule has 19 heavy (non-hydrogen) atoms. The van der Waals surface area contributed by atoms with Gasteiger partial charge in [-0.25, -0.2) is 0 Å². The van der Waals surface area contributed by atoms with Gasteiger partial charge in [0.05, 0.1) is 5.69 Å². The van der Waals surface area contributed by atoms with Crippen molar-refractivity contribution in [2.75, 3.05) is 13.2 Å². The Labute approximate surface area is 115 Å². The van der Waals surface area contributed by atoms with Crippen molar-refractivity contribution in [3.8, 4) is 17.6 Å². The van der Waals surface area contributed by atoms with Crippen molar-refractivity contribution in [1.82, 2.24) is 10.3 Å². The summed E-state index contributed by atoms with van der Waals surface area (Å²) in [5.41, 5.74) is 1.87. The van der Waals surface area contributed by atoms with Gasteiger partial charge < -0.3 is 10.1 Å². The van der Waals surface area contributed by atoms with E-state index in [0.717, 1.165) is 43.0 Å². The summed E-state index contributed by atoms with van der Waals surface area (Å²) < 4.78 is 5.82. The highest BCUT2D eigenvalue weighted by atomic mass is 16.5. The molecule has 1 atom stereocenters.